The SMILES string of the molecule is NCC1COc2cccc(Cl)c2C1. The average Bonchev–Trinajstić information content (AvgIpc) is 2.18. The van der Waals surface area contributed by atoms with Crippen LogP contribution >= 0.6 is 11.6 Å². The van der Waals surface area contributed by atoms with E-state index in [0.29, 0.717) is 19.1 Å². The highest BCUT2D eigenvalue weighted by Gasteiger charge is 2.20. The maximum absolute atomic E-state index is 6.04. The van der Waals surface area contributed by atoms with Crippen LogP contribution in [0.15, 0.2) is 18.2 Å². The van der Waals surface area contributed by atoms with Crippen LogP contribution in [0.3, 0.4) is 0 Å². The molecule has 1 aromatic carbocycles. The lowest BCUT2D eigenvalue weighted by molar-refractivity contribution is 0.226. The number of hydrogen-bond acceptors (Lipinski definition) is 2. The Kier molecular flexibility index (Phi) is 2.42. The Hall–Kier alpha value is -0.730. The highest BCUT2D eigenvalue weighted by atomic mass is 35.5. The summed E-state index contributed by atoms with van der Waals surface area (Å²) in [5.74, 6) is 1.32. The molecule has 0 radical (unpaired) electrons. The second kappa shape index (κ2) is 3.56. The lowest BCUT2D eigenvalue weighted by atomic mass is 9.97. The predicted octanol–water partition coefficient (Wildman–Crippen LogP) is 1.85. The van der Waals surface area contributed by atoms with E-state index in [4.69, 9.17) is 22.1 Å². The molecule has 0 aliphatic carbocycles. The molecule has 2 rings (SSSR count). The Morgan fingerprint density at radius 2 is 2.38 bits per heavy atom. The van der Waals surface area contributed by atoms with E-state index in [-0.39, 0.29) is 0 Å². The van der Waals surface area contributed by atoms with E-state index in [1.165, 1.54) is 0 Å². The Labute approximate surface area is 82.6 Å². The minimum atomic E-state index is 0.410. The summed E-state index contributed by atoms with van der Waals surface area (Å²) in [5.41, 5.74) is 6.69. The molecular formula is C10H12ClNO. The molecule has 1 unspecified atom stereocenters. The van der Waals surface area contributed by atoms with Gasteiger partial charge >= 0.3 is 0 Å². The third-order valence-electron chi connectivity index (χ3n) is 2.38. The van der Waals surface area contributed by atoms with Crippen LogP contribution in [-0.2, 0) is 6.42 Å². The lowest BCUT2D eigenvalue weighted by Crippen LogP contribution is -2.27. The molecule has 70 valence electrons. The first-order chi connectivity index (χ1) is 6.31. The predicted molar refractivity (Wildman–Crippen MR) is 53.2 cm³/mol. The van der Waals surface area contributed by atoms with Gasteiger partial charge in [0.25, 0.3) is 0 Å². The van der Waals surface area contributed by atoms with E-state index in [1.807, 2.05) is 18.2 Å². The first kappa shape index (κ1) is 8.85. The maximum atomic E-state index is 6.04. The summed E-state index contributed by atoms with van der Waals surface area (Å²) in [4.78, 5) is 0. The molecule has 0 bridgehead atoms. The van der Waals surface area contributed by atoms with Gasteiger partial charge in [-0.3, -0.25) is 0 Å². The van der Waals surface area contributed by atoms with Crippen LogP contribution in [0.25, 0.3) is 0 Å². The molecular weight excluding hydrogens is 186 g/mol. The zero-order valence-corrected chi connectivity index (χ0v) is 8.05. The molecule has 3 heteroatoms. The molecule has 1 atom stereocenters. The average molecular weight is 198 g/mol. The van der Waals surface area contributed by atoms with Gasteiger partial charge in [-0.1, -0.05) is 17.7 Å². The quantitative estimate of drug-likeness (QED) is 0.746. The first-order valence-corrected chi connectivity index (χ1v) is 4.79. The minimum absolute atomic E-state index is 0.410. The molecule has 0 fully saturated rings. The zero-order chi connectivity index (χ0) is 9.26. The minimum Gasteiger partial charge on any atom is -0.493 e. The van der Waals surface area contributed by atoms with Gasteiger partial charge < -0.3 is 10.5 Å². The second-order valence-electron chi connectivity index (χ2n) is 3.33. The van der Waals surface area contributed by atoms with Crippen molar-refractivity contribution >= 4 is 11.6 Å². The van der Waals surface area contributed by atoms with Crippen molar-refractivity contribution < 1.29 is 4.74 Å². The third kappa shape index (κ3) is 1.64. The molecule has 0 spiro atoms. The van der Waals surface area contributed by atoms with Crippen molar-refractivity contribution in [3.05, 3.63) is 28.8 Å². The number of nitrogens with two attached hydrogens (primary N) is 1. The largest absolute Gasteiger partial charge is 0.493 e. The Balaban J connectivity index is 2.32. The number of halogens is 1. The van der Waals surface area contributed by atoms with Gasteiger partial charge in [-0.25, -0.2) is 0 Å². The Bertz CT molecular complexity index is 314. The molecule has 1 aromatic rings. The van der Waals surface area contributed by atoms with Gasteiger partial charge in [0.15, 0.2) is 0 Å². The third-order valence-corrected chi connectivity index (χ3v) is 2.73. The van der Waals surface area contributed by atoms with Crippen LogP contribution < -0.4 is 10.5 Å². The standard InChI is InChI=1S/C10H12ClNO/c11-9-2-1-3-10-8(9)4-7(5-12)6-13-10/h1-3,7H,4-6,12H2. The van der Waals surface area contributed by atoms with Crippen molar-refractivity contribution in [2.24, 2.45) is 11.7 Å². The van der Waals surface area contributed by atoms with Crippen LogP contribution in [0.2, 0.25) is 5.02 Å². The van der Waals surface area contributed by atoms with E-state index >= 15 is 0 Å². The van der Waals surface area contributed by atoms with Gasteiger partial charge in [-0.15, -0.1) is 0 Å². The van der Waals surface area contributed by atoms with Crippen molar-refractivity contribution in [3.8, 4) is 5.75 Å². The smallest absolute Gasteiger partial charge is 0.123 e. The summed E-state index contributed by atoms with van der Waals surface area (Å²) >= 11 is 6.04. The molecule has 1 aliphatic heterocycles. The van der Waals surface area contributed by atoms with E-state index in [2.05, 4.69) is 0 Å². The van der Waals surface area contributed by atoms with Gasteiger partial charge in [0.2, 0.25) is 0 Å². The fraction of sp³-hybridized carbons (Fsp3) is 0.400. The van der Waals surface area contributed by atoms with E-state index in [1.54, 1.807) is 0 Å². The van der Waals surface area contributed by atoms with Crippen molar-refractivity contribution in [3.63, 3.8) is 0 Å². The molecule has 0 aromatic heterocycles. The van der Waals surface area contributed by atoms with Crippen LogP contribution in [0.5, 0.6) is 5.75 Å². The normalized spacial score (nSPS) is 20.6. The van der Waals surface area contributed by atoms with Crippen molar-refractivity contribution in [1.29, 1.82) is 0 Å². The van der Waals surface area contributed by atoms with Gasteiger partial charge in [0.1, 0.15) is 5.75 Å². The van der Waals surface area contributed by atoms with Gasteiger partial charge in [0, 0.05) is 16.5 Å². The van der Waals surface area contributed by atoms with Gasteiger partial charge in [-0.2, -0.15) is 0 Å². The monoisotopic (exact) mass is 197 g/mol. The van der Waals surface area contributed by atoms with Crippen molar-refractivity contribution in [2.45, 2.75) is 6.42 Å². The molecule has 1 aliphatic rings. The summed E-state index contributed by atoms with van der Waals surface area (Å²) in [6.07, 6.45) is 0.936. The Morgan fingerprint density at radius 1 is 1.54 bits per heavy atom. The fourth-order valence-corrected chi connectivity index (χ4v) is 1.82. The van der Waals surface area contributed by atoms with Crippen molar-refractivity contribution in [1.82, 2.24) is 0 Å². The molecule has 13 heavy (non-hydrogen) atoms. The summed E-state index contributed by atoms with van der Waals surface area (Å²) in [6, 6.07) is 5.75. The first-order valence-electron chi connectivity index (χ1n) is 4.41. The van der Waals surface area contributed by atoms with Crippen LogP contribution in [0, 0.1) is 5.92 Å². The topological polar surface area (TPSA) is 35.2 Å². The van der Waals surface area contributed by atoms with E-state index < -0.39 is 0 Å². The highest BCUT2D eigenvalue weighted by Crippen LogP contribution is 2.32. The van der Waals surface area contributed by atoms with Gasteiger partial charge in [0.05, 0.1) is 6.61 Å². The number of ether oxygens (including phenoxy) is 1. The summed E-state index contributed by atoms with van der Waals surface area (Å²) in [6.45, 7) is 1.37. The number of benzene rings is 1. The molecule has 0 saturated heterocycles. The lowest BCUT2D eigenvalue weighted by Gasteiger charge is -2.24. The summed E-state index contributed by atoms with van der Waals surface area (Å²) < 4.78 is 5.54. The molecule has 0 amide bonds. The molecule has 2 nitrogen and oxygen atoms in total. The molecule has 1 heterocycles. The van der Waals surface area contributed by atoms with Crippen LogP contribution in [0.4, 0.5) is 0 Å². The fourth-order valence-electron chi connectivity index (χ4n) is 1.58. The molecule has 2 N–H and O–H groups in total. The maximum Gasteiger partial charge on any atom is 0.123 e. The number of hydrogen-bond donors (Lipinski definition) is 1. The summed E-state index contributed by atoms with van der Waals surface area (Å²) in [7, 11) is 0. The summed E-state index contributed by atoms with van der Waals surface area (Å²) in [5, 5.41) is 0.788. The van der Waals surface area contributed by atoms with Crippen molar-refractivity contribution in [2.75, 3.05) is 13.2 Å². The highest BCUT2D eigenvalue weighted by molar-refractivity contribution is 6.31. The molecule has 0 saturated carbocycles. The zero-order valence-electron chi connectivity index (χ0n) is 7.29. The number of fused-ring (bicyclic) bond motifs is 1. The van der Waals surface area contributed by atoms with Gasteiger partial charge in [-0.05, 0) is 25.1 Å². The van der Waals surface area contributed by atoms with E-state index in [9.17, 15) is 0 Å². The van der Waals surface area contributed by atoms with Crippen LogP contribution in [0.1, 0.15) is 5.56 Å². The Morgan fingerprint density at radius 3 is 3.15 bits per heavy atom. The second-order valence-corrected chi connectivity index (χ2v) is 3.74. The number of rotatable bonds is 1. The van der Waals surface area contributed by atoms with Crippen LogP contribution in [-0.4, -0.2) is 13.2 Å². The van der Waals surface area contributed by atoms with E-state index in [0.717, 1.165) is 22.8 Å².